The van der Waals surface area contributed by atoms with E-state index in [1.54, 1.807) is 12.5 Å². The summed E-state index contributed by atoms with van der Waals surface area (Å²) in [6.45, 7) is 3.61. The zero-order valence-electron chi connectivity index (χ0n) is 6.00. The Morgan fingerprint density at radius 3 is 3.00 bits per heavy atom. The molecule has 0 fully saturated rings. The van der Waals surface area contributed by atoms with Crippen LogP contribution >= 0.6 is 0 Å². The van der Waals surface area contributed by atoms with Gasteiger partial charge in [-0.15, -0.1) is 0 Å². The number of H-pyrrole nitrogens is 1. The first-order valence-corrected chi connectivity index (χ1v) is 2.86. The molecule has 5 heteroatoms. The average molecular weight is 227 g/mol. The van der Waals surface area contributed by atoms with Crippen LogP contribution in [0.2, 0.25) is 0 Å². The fraction of sp³-hybridized carbons (Fsp3) is 0.167. The second-order valence-corrected chi connectivity index (χ2v) is 1.85. The van der Waals surface area contributed by atoms with E-state index in [0.29, 0.717) is 6.54 Å². The summed E-state index contributed by atoms with van der Waals surface area (Å²) >= 11 is 0. The van der Waals surface area contributed by atoms with E-state index in [-0.39, 0.29) is 38.6 Å². The Balaban J connectivity index is 0.000001000. The predicted molar refractivity (Wildman–Crippen MR) is 35.8 cm³/mol. The van der Waals surface area contributed by atoms with Gasteiger partial charge in [0.15, 0.2) is 0 Å². The molecule has 0 aliphatic heterocycles. The van der Waals surface area contributed by atoms with E-state index >= 15 is 0 Å². The van der Waals surface area contributed by atoms with Crippen LogP contribution in [0, 0.1) is 6.92 Å². The predicted octanol–water partition coefficient (Wildman–Crippen LogP) is -0.143. The summed E-state index contributed by atoms with van der Waals surface area (Å²) in [7, 11) is 0. The number of hydrogen-bond acceptors (Lipinski definition) is 2. The maximum Gasteiger partial charge on any atom is 3.00 e. The molecule has 2 N–H and O–H groups in total. The van der Waals surface area contributed by atoms with Gasteiger partial charge in [-0.05, 0) is 0 Å². The molecule has 1 rings (SSSR count). The molecule has 1 heterocycles. The maximum atomic E-state index is 10.3. The summed E-state index contributed by atoms with van der Waals surface area (Å²) < 4.78 is 0. The molecule has 1 aromatic rings. The van der Waals surface area contributed by atoms with Crippen molar-refractivity contribution in [3.63, 3.8) is 0 Å². The van der Waals surface area contributed by atoms with Crippen LogP contribution in [-0.4, -0.2) is 15.9 Å². The molecule has 0 unspecified atom stereocenters. The second-order valence-electron chi connectivity index (χ2n) is 1.85. The van der Waals surface area contributed by atoms with Crippen LogP contribution in [0.4, 0.5) is 0 Å². The van der Waals surface area contributed by atoms with Crippen LogP contribution in [0.3, 0.4) is 0 Å². The van der Waals surface area contributed by atoms with Crippen molar-refractivity contribution in [2.75, 3.05) is 0 Å². The number of carbonyl (C=O) groups is 1. The third-order valence-electron chi connectivity index (χ3n) is 1.03. The molecular weight excluding hydrogens is 219 g/mol. The molecule has 0 radical (unpaired) electrons. The standard InChI is InChI=1S/C6H8N3O.Y/c1-5(10)8-3-6-2-7-4-9-6;/h2,4H,1,3H2,(H,7,9)(H,8,10);/q-1;+3. The van der Waals surface area contributed by atoms with Gasteiger partial charge in [0.1, 0.15) is 0 Å². The summed E-state index contributed by atoms with van der Waals surface area (Å²) in [5, 5.41) is 2.53. The van der Waals surface area contributed by atoms with Gasteiger partial charge < -0.3 is 22.0 Å². The minimum absolute atomic E-state index is 0. The molecular formula is C6H8N3OY+2. The fourth-order valence-corrected chi connectivity index (χ4v) is 0.575. The summed E-state index contributed by atoms with van der Waals surface area (Å²) in [6, 6.07) is 0. The number of aromatic amines is 1. The number of hydrogen-bond donors (Lipinski definition) is 2. The molecule has 0 spiro atoms. The van der Waals surface area contributed by atoms with Crippen molar-refractivity contribution in [3.8, 4) is 0 Å². The molecule has 4 nitrogen and oxygen atoms in total. The van der Waals surface area contributed by atoms with Crippen molar-refractivity contribution in [1.82, 2.24) is 15.3 Å². The quantitative estimate of drug-likeness (QED) is 0.690. The third-order valence-corrected chi connectivity index (χ3v) is 1.03. The van der Waals surface area contributed by atoms with Crippen molar-refractivity contribution in [3.05, 3.63) is 25.1 Å². The Labute approximate surface area is 90.1 Å². The first-order chi connectivity index (χ1) is 4.79. The molecule has 0 saturated carbocycles. The molecule has 0 atom stereocenters. The molecule has 11 heavy (non-hydrogen) atoms. The van der Waals surface area contributed by atoms with Crippen LogP contribution in [0.5, 0.6) is 0 Å². The average Bonchev–Trinajstić information content (AvgIpc) is 2.34. The molecule has 0 aliphatic rings. The zero-order chi connectivity index (χ0) is 7.40. The Morgan fingerprint density at radius 1 is 1.82 bits per heavy atom. The van der Waals surface area contributed by atoms with E-state index < -0.39 is 0 Å². The smallest absolute Gasteiger partial charge is 0.375 e. The summed E-state index contributed by atoms with van der Waals surface area (Å²) in [4.78, 5) is 16.9. The van der Waals surface area contributed by atoms with Crippen molar-refractivity contribution in [1.29, 1.82) is 0 Å². The molecule has 0 bridgehead atoms. The van der Waals surface area contributed by atoms with Crippen LogP contribution in [0.25, 0.3) is 0 Å². The van der Waals surface area contributed by atoms with Gasteiger partial charge in [0.25, 0.3) is 0 Å². The molecule has 1 aromatic heterocycles. The number of amides is 1. The van der Waals surface area contributed by atoms with E-state index in [1.165, 1.54) is 0 Å². The first-order valence-electron chi connectivity index (χ1n) is 2.86. The largest absolute Gasteiger partial charge is 3.00 e. The number of rotatable bonds is 2. The Kier molecular flexibility index (Phi) is 5.16. The number of nitrogens with one attached hydrogen (secondary N) is 2. The van der Waals surface area contributed by atoms with Crippen molar-refractivity contribution in [2.24, 2.45) is 0 Å². The fourth-order valence-electron chi connectivity index (χ4n) is 0.575. The van der Waals surface area contributed by atoms with E-state index in [9.17, 15) is 4.79 Å². The SMILES string of the molecule is [CH2-]C(=O)NCc1cnc[nH]1.[Y+3]. The monoisotopic (exact) mass is 227 g/mol. The van der Waals surface area contributed by atoms with Crippen LogP contribution in [-0.2, 0) is 44.0 Å². The Morgan fingerprint density at radius 2 is 2.55 bits per heavy atom. The molecule has 1 amide bonds. The van der Waals surface area contributed by atoms with Gasteiger partial charge in [-0.2, -0.15) is 0 Å². The van der Waals surface area contributed by atoms with Crippen LogP contribution < -0.4 is 5.32 Å². The van der Waals surface area contributed by atoms with Crippen molar-refractivity contribution in [2.45, 2.75) is 6.54 Å². The summed E-state index contributed by atoms with van der Waals surface area (Å²) in [5.74, 6) is -0.283. The molecule has 0 aliphatic carbocycles. The normalized spacial score (nSPS) is 8.36. The number of carbonyl (C=O) groups excluding carboxylic acids is 1. The van der Waals surface area contributed by atoms with E-state index in [1.807, 2.05) is 0 Å². The van der Waals surface area contributed by atoms with Crippen molar-refractivity contribution >= 4 is 5.91 Å². The Hall–Kier alpha value is -0.346. The van der Waals surface area contributed by atoms with Gasteiger partial charge in [-0.1, -0.05) is 0 Å². The first kappa shape index (κ1) is 10.7. The van der Waals surface area contributed by atoms with Gasteiger partial charge in [0.2, 0.25) is 0 Å². The van der Waals surface area contributed by atoms with Crippen LogP contribution in [0.1, 0.15) is 5.69 Å². The van der Waals surface area contributed by atoms with E-state index in [4.69, 9.17) is 0 Å². The summed E-state index contributed by atoms with van der Waals surface area (Å²) in [6.07, 6.45) is 3.21. The molecule has 0 saturated heterocycles. The number of nitrogens with zero attached hydrogens (tertiary/aromatic N) is 1. The topological polar surface area (TPSA) is 57.8 Å². The van der Waals surface area contributed by atoms with E-state index in [2.05, 4.69) is 22.2 Å². The van der Waals surface area contributed by atoms with Crippen molar-refractivity contribution < 1.29 is 37.5 Å². The van der Waals surface area contributed by atoms with Gasteiger partial charge >= 0.3 is 32.7 Å². The third kappa shape index (κ3) is 4.16. The number of aromatic nitrogens is 2. The number of imidazole rings is 1. The van der Waals surface area contributed by atoms with Gasteiger partial charge in [-0.3, -0.25) is 0 Å². The second kappa shape index (κ2) is 5.32. The van der Waals surface area contributed by atoms with Gasteiger partial charge in [0, 0.05) is 6.20 Å². The Bertz CT molecular complexity index is 210. The summed E-state index contributed by atoms with van der Waals surface area (Å²) in [5.41, 5.74) is 0.872. The molecule has 54 valence electrons. The minimum Gasteiger partial charge on any atom is -0.375 e. The zero-order valence-corrected chi connectivity index (χ0v) is 8.84. The van der Waals surface area contributed by atoms with Crippen LogP contribution in [0.15, 0.2) is 12.5 Å². The molecule has 0 aromatic carbocycles. The van der Waals surface area contributed by atoms with E-state index in [0.717, 1.165) is 5.69 Å². The van der Waals surface area contributed by atoms with Gasteiger partial charge in [0.05, 0.1) is 24.5 Å². The maximum absolute atomic E-state index is 10.3. The minimum atomic E-state index is -0.283. The van der Waals surface area contributed by atoms with Gasteiger partial charge in [-0.25, -0.2) is 4.98 Å².